The molecule has 3 N–H and O–H groups in total. The molecule has 0 aromatic heterocycles. The highest BCUT2D eigenvalue weighted by Gasteiger charge is 2.23. The van der Waals surface area contributed by atoms with E-state index in [1.807, 2.05) is 0 Å². The highest BCUT2D eigenvalue weighted by atomic mass is 14.7. The molecule has 0 atom stereocenters. The van der Waals surface area contributed by atoms with Gasteiger partial charge in [0.15, 0.2) is 0 Å². The largest absolute Gasteiger partial charge is 0.349 e. The smallest absolute Gasteiger partial charge is 0.115 e. The lowest BCUT2D eigenvalue weighted by molar-refractivity contribution is -0.475. The highest BCUT2D eigenvalue weighted by Crippen LogP contribution is 2.27. The van der Waals surface area contributed by atoms with Crippen LogP contribution in [-0.2, 0) is 18.4 Å². The molecule has 1 aromatic carbocycles. The Labute approximate surface area is 176 Å². The van der Waals surface area contributed by atoms with E-state index >= 15 is 0 Å². The molecule has 0 radical (unpaired) electrons. The molecule has 0 aliphatic carbocycles. The van der Waals surface area contributed by atoms with Crippen LogP contribution in [0.3, 0.4) is 0 Å². The van der Waals surface area contributed by atoms with Gasteiger partial charge in [0.05, 0.1) is 0 Å². The first-order valence-electron chi connectivity index (χ1n) is 12.5. The average Bonchev–Trinajstić information content (AvgIpc) is 2.66. The molecule has 0 unspecified atom stereocenters. The second kappa shape index (κ2) is 15.1. The van der Waals surface area contributed by atoms with Crippen LogP contribution in [-0.4, -0.2) is 0 Å². The molecule has 1 heteroatoms. The molecule has 0 aliphatic heterocycles. The fourth-order valence-corrected chi connectivity index (χ4v) is 4.33. The van der Waals surface area contributed by atoms with Crippen molar-refractivity contribution >= 4 is 0 Å². The van der Waals surface area contributed by atoms with E-state index in [1.165, 1.54) is 108 Å². The Kier molecular flexibility index (Phi) is 13.6. The summed E-state index contributed by atoms with van der Waals surface area (Å²) in [6, 6.07) is 6.99. The zero-order valence-electron chi connectivity index (χ0n) is 19.8. The van der Waals surface area contributed by atoms with Crippen LogP contribution in [0.15, 0.2) is 18.2 Å². The van der Waals surface area contributed by atoms with Crippen LogP contribution in [0, 0.1) is 0 Å². The lowest BCUT2D eigenvalue weighted by Gasteiger charge is -2.22. The Hall–Kier alpha value is -0.820. The monoisotopic (exact) mass is 388 g/mol. The summed E-state index contributed by atoms with van der Waals surface area (Å²) in [6.45, 7) is 9.14. The Bertz CT molecular complexity index is 497. The average molecular weight is 389 g/mol. The van der Waals surface area contributed by atoms with Gasteiger partial charge < -0.3 is 5.73 Å². The van der Waals surface area contributed by atoms with Gasteiger partial charge in [-0.2, -0.15) is 0 Å². The van der Waals surface area contributed by atoms with Gasteiger partial charge in [-0.3, -0.25) is 0 Å². The fourth-order valence-electron chi connectivity index (χ4n) is 4.33. The lowest BCUT2D eigenvalue weighted by atomic mass is 9.84. The zero-order valence-corrected chi connectivity index (χ0v) is 19.8. The van der Waals surface area contributed by atoms with Crippen LogP contribution in [0.5, 0.6) is 0 Å². The Balaban J connectivity index is 2.55. The highest BCUT2D eigenvalue weighted by molar-refractivity contribution is 5.38. The second-order valence-corrected chi connectivity index (χ2v) is 9.57. The van der Waals surface area contributed by atoms with E-state index in [0.717, 1.165) is 0 Å². The quantitative estimate of drug-likeness (QED) is 0.264. The SMILES string of the molecule is CCCCCCCCCc1cccc(C(C)(C)[NH3+])c1CCCCCCCCC. The van der Waals surface area contributed by atoms with Crippen LogP contribution in [0.1, 0.15) is 134 Å². The molecule has 162 valence electrons. The topological polar surface area (TPSA) is 27.6 Å². The summed E-state index contributed by atoms with van der Waals surface area (Å²) in [4.78, 5) is 0. The van der Waals surface area contributed by atoms with Crippen LogP contribution in [0.25, 0.3) is 0 Å². The number of aryl methyl sites for hydroxylation is 1. The maximum atomic E-state index is 4.46. The van der Waals surface area contributed by atoms with Crippen LogP contribution in [0.2, 0.25) is 0 Å². The summed E-state index contributed by atoms with van der Waals surface area (Å²) in [5.41, 5.74) is 9.18. The van der Waals surface area contributed by atoms with E-state index in [0.29, 0.717) is 0 Å². The van der Waals surface area contributed by atoms with Gasteiger partial charge in [-0.25, -0.2) is 0 Å². The molecule has 0 saturated heterocycles. The molecule has 28 heavy (non-hydrogen) atoms. The number of hydrogen-bond donors (Lipinski definition) is 1. The van der Waals surface area contributed by atoms with Gasteiger partial charge in [-0.15, -0.1) is 0 Å². The molecule has 1 nitrogen and oxygen atoms in total. The number of rotatable bonds is 17. The van der Waals surface area contributed by atoms with E-state index < -0.39 is 0 Å². The Morgan fingerprint density at radius 1 is 0.643 bits per heavy atom. The van der Waals surface area contributed by atoms with Crippen LogP contribution in [0.4, 0.5) is 0 Å². The molecule has 1 aromatic rings. The molecule has 0 fully saturated rings. The van der Waals surface area contributed by atoms with Crippen molar-refractivity contribution in [2.75, 3.05) is 0 Å². The summed E-state index contributed by atoms with van der Waals surface area (Å²) in [7, 11) is 0. The molecular formula is C27H50N+. The third-order valence-electron chi connectivity index (χ3n) is 6.08. The standard InChI is InChI=1S/C27H49N/c1-5-7-9-11-13-15-17-20-24-21-19-23-26(27(3,4)28)25(24)22-18-16-14-12-10-8-6-2/h19,21,23H,5-18,20,22,28H2,1-4H3/p+1. The van der Waals surface area contributed by atoms with Gasteiger partial charge in [0, 0.05) is 5.56 Å². The molecular weight excluding hydrogens is 338 g/mol. The van der Waals surface area contributed by atoms with E-state index in [1.54, 1.807) is 11.1 Å². The van der Waals surface area contributed by atoms with Gasteiger partial charge in [-0.1, -0.05) is 109 Å². The van der Waals surface area contributed by atoms with Crippen LogP contribution >= 0.6 is 0 Å². The molecule has 0 spiro atoms. The first-order valence-corrected chi connectivity index (χ1v) is 12.5. The minimum absolute atomic E-state index is 0.00657. The van der Waals surface area contributed by atoms with Gasteiger partial charge in [-0.05, 0) is 50.7 Å². The summed E-state index contributed by atoms with van der Waals surface area (Å²) in [5.74, 6) is 0. The minimum atomic E-state index is 0.00657. The van der Waals surface area contributed by atoms with Gasteiger partial charge in [0.1, 0.15) is 5.54 Å². The predicted octanol–water partition coefficient (Wildman–Crippen LogP) is 7.75. The first-order chi connectivity index (χ1) is 13.5. The second-order valence-electron chi connectivity index (χ2n) is 9.57. The normalized spacial score (nSPS) is 11.9. The number of quaternary nitrogens is 1. The van der Waals surface area contributed by atoms with Crippen molar-refractivity contribution in [3.8, 4) is 0 Å². The van der Waals surface area contributed by atoms with Crippen molar-refractivity contribution < 1.29 is 5.73 Å². The van der Waals surface area contributed by atoms with E-state index in [2.05, 4.69) is 51.6 Å². The zero-order chi connectivity index (χ0) is 20.7. The van der Waals surface area contributed by atoms with Crippen molar-refractivity contribution in [3.63, 3.8) is 0 Å². The predicted molar refractivity (Wildman–Crippen MR) is 126 cm³/mol. The van der Waals surface area contributed by atoms with E-state index in [4.69, 9.17) is 0 Å². The maximum absolute atomic E-state index is 4.46. The summed E-state index contributed by atoms with van der Waals surface area (Å²) in [5, 5.41) is 0. The van der Waals surface area contributed by atoms with E-state index in [9.17, 15) is 0 Å². The summed E-state index contributed by atoms with van der Waals surface area (Å²) in [6.07, 6.45) is 21.9. The molecule has 1 rings (SSSR count). The number of unbranched alkanes of at least 4 members (excludes halogenated alkanes) is 12. The number of benzene rings is 1. The van der Waals surface area contributed by atoms with Crippen molar-refractivity contribution in [2.24, 2.45) is 0 Å². The molecule has 0 aliphatic rings. The fraction of sp³-hybridized carbons (Fsp3) is 0.778. The van der Waals surface area contributed by atoms with Crippen LogP contribution < -0.4 is 5.73 Å². The Morgan fingerprint density at radius 3 is 1.61 bits per heavy atom. The minimum Gasteiger partial charge on any atom is -0.349 e. The Morgan fingerprint density at radius 2 is 1.11 bits per heavy atom. The molecule has 0 heterocycles. The van der Waals surface area contributed by atoms with Crippen molar-refractivity contribution in [2.45, 2.75) is 136 Å². The van der Waals surface area contributed by atoms with Crippen molar-refractivity contribution in [1.82, 2.24) is 0 Å². The van der Waals surface area contributed by atoms with Gasteiger partial charge in [0.25, 0.3) is 0 Å². The van der Waals surface area contributed by atoms with Gasteiger partial charge in [0.2, 0.25) is 0 Å². The first kappa shape index (κ1) is 25.2. The third kappa shape index (κ3) is 10.6. The number of hydrogen-bond acceptors (Lipinski definition) is 0. The van der Waals surface area contributed by atoms with Crippen molar-refractivity contribution in [1.29, 1.82) is 0 Å². The summed E-state index contributed by atoms with van der Waals surface area (Å²) >= 11 is 0. The van der Waals surface area contributed by atoms with E-state index in [-0.39, 0.29) is 5.54 Å². The maximum Gasteiger partial charge on any atom is 0.115 e. The van der Waals surface area contributed by atoms with Gasteiger partial charge >= 0.3 is 0 Å². The third-order valence-corrected chi connectivity index (χ3v) is 6.08. The molecule has 0 saturated carbocycles. The van der Waals surface area contributed by atoms with Crippen molar-refractivity contribution in [3.05, 3.63) is 34.9 Å². The molecule has 0 bridgehead atoms. The lowest BCUT2D eigenvalue weighted by Crippen LogP contribution is -2.66. The summed E-state index contributed by atoms with van der Waals surface area (Å²) < 4.78 is 0. The molecule has 0 amide bonds.